The average molecular weight is 454 g/mol. The van der Waals surface area contributed by atoms with Gasteiger partial charge in [-0.2, -0.15) is 0 Å². The standard InChI is InChI=1S/C23H24BrN3O2/c24-19-8-10-20(11-9-19)27-22(28)17-21(23(27)29)26-15-13-25(14-16-26)12-4-7-18-5-2-1-3-6-18/h1-11,21H,12-17H2/b7-4+/t21-/m1/s1. The summed E-state index contributed by atoms with van der Waals surface area (Å²) in [4.78, 5) is 31.3. The summed E-state index contributed by atoms with van der Waals surface area (Å²) in [6, 6.07) is 17.3. The molecule has 0 aliphatic carbocycles. The second-order valence-electron chi connectivity index (χ2n) is 7.41. The van der Waals surface area contributed by atoms with Gasteiger partial charge in [-0.25, -0.2) is 4.90 Å². The van der Waals surface area contributed by atoms with E-state index in [-0.39, 0.29) is 24.3 Å². The lowest BCUT2D eigenvalue weighted by Crippen LogP contribution is -2.52. The average Bonchev–Trinajstić information content (AvgIpc) is 3.04. The Bertz CT molecular complexity index is 890. The smallest absolute Gasteiger partial charge is 0.251 e. The van der Waals surface area contributed by atoms with Crippen molar-refractivity contribution in [2.24, 2.45) is 0 Å². The van der Waals surface area contributed by atoms with Crippen molar-refractivity contribution in [2.45, 2.75) is 12.5 Å². The largest absolute Gasteiger partial charge is 0.297 e. The molecular formula is C23H24BrN3O2. The van der Waals surface area contributed by atoms with Crippen LogP contribution in [-0.2, 0) is 9.59 Å². The fourth-order valence-electron chi connectivity index (χ4n) is 3.92. The van der Waals surface area contributed by atoms with Gasteiger partial charge in [-0.3, -0.25) is 19.4 Å². The van der Waals surface area contributed by atoms with Gasteiger partial charge in [0.15, 0.2) is 0 Å². The van der Waals surface area contributed by atoms with Crippen LogP contribution in [-0.4, -0.2) is 60.4 Å². The van der Waals surface area contributed by atoms with Gasteiger partial charge < -0.3 is 0 Å². The molecule has 2 aromatic rings. The summed E-state index contributed by atoms with van der Waals surface area (Å²) in [5.74, 6) is -0.217. The van der Waals surface area contributed by atoms with Gasteiger partial charge in [0.2, 0.25) is 5.91 Å². The zero-order valence-corrected chi connectivity index (χ0v) is 17.8. The number of rotatable bonds is 5. The van der Waals surface area contributed by atoms with Crippen molar-refractivity contribution >= 4 is 39.5 Å². The predicted molar refractivity (Wildman–Crippen MR) is 119 cm³/mol. The fourth-order valence-corrected chi connectivity index (χ4v) is 4.19. The summed E-state index contributed by atoms with van der Waals surface area (Å²) >= 11 is 3.39. The summed E-state index contributed by atoms with van der Waals surface area (Å²) in [5, 5.41) is 0. The van der Waals surface area contributed by atoms with E-state index in [1.165, 1.54) is 10.5 Å². The number of piperazine rings is 1. The van der Waals surface area contributed by atoms with Crippen LogP contribution < -0.4 is 4.90 Å². The zero-order chi connectivity index (χ0) is 20.2. The van der Waals surface area contributed by atoms with Crippen LogP contribution in [0.2, 0.25) is 0 Å². The summed E-state index contributed by atoms with van der Waals surface area (Å²) in [5.41, 5.74) is 1.85. The molecule has 2 amide bonds. The van der Waals surface area contributed by atoms with Gasteiger partial charge in [0, 0.05) is 37.2 Å². The maximum absolute atomic E-state index is 12.9. The number of imide groups is 1. The highest BCUT2D eigenvalue weighted by molar-refractivity contribution is 9.10. The monoisotopic (exact) mass is 453 g/mol. The maximum Gasteiger partial charge on any atom is 0.251 e. The highest BCUT2D eigenvalue weighted by atomic mass is 79.9. The first-order valence-electron chi connectivity index (χ1n) is 9.92. The molecule has 29 heavy (non-hydrogen) atoms. The minimum atomic E-state index is -0.340. The molecule has 0 aromatic heterocycles. The van der Waals surface area contributed by atoms with E-state index in [1.807, 2.05) is 30.3 Å². The SMILES string of the molecule is O=C1C[C@@H](N2CCN(C/C=C/c3ccccc3)CC2)C(=O)N1c1ccc(Br)cc1. The molecule has 0 radical (unpaired) electrons. The third kappa shape index (κ3) is 4.66. The van der Waals surface area contributed by atoms with Crippen molar-refractivity contribution in [1.82, 2.24) is 9.80 Å². The highest BCUT2D eigenvalue weighted by Crippen LogP contribution is 2.27. The molecule has 150 valence electrons. The quantitative estimate of drug-likeness (QED) is 0.650. The van der Waals surface area contributed by atoms with E-state index in [9.17, 15) is 9.59 Å². The van der Waals surface area contributed by atoms with Gasteiger partial charge in [0.05, 0.1) is 18.2 Å². The molecule has 0 unspecified atom stereocenters. The number of anilines is 1. The normalized spacial score (nSPS) is 21.4. The van der Waals surface area contributed by atoms with E-state index < -0.39 is 0 Å². The zero-order valence-electron chi connectivity index (χ0n) is 16.2. The molecule has 0 bridgehead atoms. The molecule has 6 heteroatoms. The van der Waals surface area contributed by atoms with Gasteiger partial charge in [-0.15, -0.1) is 0 Å². The minimum Gasteiger partial charge on any atom is -0.297 e. The van der Waals surface area contributed by atoms with Crippen molar-refractivity contribution in [3.63, 3.8) is 0 Å². The Kier molecular flexibility index (Phi) is 6.23. The Hall–Kier alpha value is -2.28. The lowest BCUT2D eigenvalue weighted by Gasteiger charge is -2.36. The van der Waals surface area contributed by atoms with E-state index in [0.717, 1.165) is 37.2 Å². The summed E-state index contributed by atoms with van der Waals surface area (Å²) in [6.07, 6.45) is 4.59. The first-order valence-corrected chi connectivity index (χ1v) is 10.7. The van der Waals surface area contributed by atoms with Crippen LogP contribution in [0.3, 0.4) is 0 Å². The molecule has 4 rings (SSSR count). The predicted octanol–water partition coefficient (Wildman–Crippen LogP) is 3.41. The van der Waals surface area contributed by atoms with E-state index in [1.54, 1.807) is 12.1 Å². The number of carbonyl (C=O) groups is 2. The minimum absolute atomic E-state index is 0.102. The molecule has 2 saturated heterocycles. The Balaban J connectivity index is 1.31. The second kappa shape index (κ2) is 9.03. The van der Waals surface area contributed by atoms with Crippen molar-refractivity contribution in [1.29, 1.82) is 0 Å². The fraction of sp³-hybridized carbons (Fsp3) is 0.304. The number of carbonyl (C=O) groups excluding carboxylic acids is 2. The lowest BCUT2D eigenvalue weighted by molar-refractivity contribution is -0.123. The Morgan fingerprint density at radius 1 is 0.931 bits per heavy atom. The topological polar surface area (TPSA) is 43.9 Å². The van der Waals surface area contributed by atoms with Crippen LogP contribution in [0.1, 0.15) is 12.0 Å². The molecule has 1 atom stereocenters. The summed E-state index contributed by atoms with van der Waals surface area (Å²) in [7, 11) is 0. The van der Waals surface area contributed by atoms with Crippen LogP contribution in [0.15, 0.2) is 65.1 Å². The number of hydrogen-bond acceptors (Lipinski definition) is 4. The molecular weight excluding hydrogens is 430 g/mol. The first kappa shape index (κ1) is 20.0. The third-order valence-corrected chi connectivity index (χ3v) is 6.06. The van der Waals surface area contributed by atoms with E-state index >= 15 is 0 Å². The summed E-state index contributed by atoms with van der Waals surface area (Å²) < 4.78 is 0.925. The number of halogens is 1. The van der Waals surface area contributed by atoms with Gasteiger partial charge in [-0.1, -0.05) is 58.4 Å². The van der Waals surface area contributed by atoms with Crippen molar-refractivity contribution in [2.75, 3.05) is 37.6 Å². The van der Waals surface area contributed by atoms with Gasteiger partial charge >= 0.3 is 0 Å². The number of nitrogens with zero attached hydrogens (tertiary/aromatic N) is 3. The maximum atomic E-state index is 12.9. The van der Waals surface area contributed by atoms with Gasteiger partial charge in [-0.05, 0) is 29.8 Å². The van der Waals surface area contributed by atoms with Crippen LogP contribution in [0.4, 0.5) is 5.69 Å². The Morgan fingerprint density at radius 2 is 1.62 bits per heavy atom. The summed E-state index contributed by atoms with van der Waals surface area (Å²) in [6.45, 7) is 4.30. The van der Waals surface area contributed by atoms with Crippen molar-refractivity contribution in [3.05, 3.63) is 70.7 Å². The van der Waals surface area contributed by atoms with E-state index in [2.05, 4.69) is 50.0 Å². The Morgan fingerprint density at radius 3 is 2.31 bits per heavy atom. The molecule has 2 aliphatic rings. The van der Waals surface area contributed by atoms with E-state index in [0.29, 0.717) is 5.69 Å². The molecule has 2 heterocycles. The second-order valence-corrected chi connectivity index (χ2v) is 8.33. The van der Waals surface area contributed by atoms with Crippen LogP contribution in [0, 0.1) is 0 Å². The van der Waals surface area contributed by atoms with Crippen LogP contribution >= 0.6 is 15.9 Å². The van der Waals surface area contributed by atoms with Gasteiger partial charge in [0.1, 0.15) is 0 Å². The first-order chi connectivity index (χ1) is 14.1. The van der Waals surface area contributed by atoms with Crippen LogP contribution in [0.25, 0.3) is 6.08 Å². The third-order valence-electron chi connectivity index (χ3n) is 5.53. The highest BCUT2D eigenvalue weighted by Gasteiger charge is 2.43. The van der Waals surface area contributed by atoms with Crippen molar-refractivity contribution in [3.8, 4) is 0 Å². The molecule has 2 aromatic carbocycles. The lowest BCUT2D eigenvalue weighted by atomic mass is 10.1. The molecule has 2 fully saturated rings. The Labute approximate surface area is 179 Å². The molecule has 0 saturated carbocycles. The van der Waals surface area contributed by atoms with Crippen LogP contribution in [0.5, 0.6) is 0 Å². The van der Waals surface area contributed by atoms with Crippen molar-refractivity contribution < 1.29 is 9.59 Å². The molecule has 2 aliphatic heterocycles. The number of amides is 2. The van der Waals surface area contributed by atoms with E-state index in [4.69, 9.17) is 0 Å². The number of hydrogen-bond donors (Lipinski definition) is 0. The molecule has 0 spiro atoms. The molecule has 0 N–H and O–H groups in total. The van der Waals surface area contributed by atoms with Gasteiger partial charge in [0.25, 0.3) is 5.91 Å². The molecule has 5 nitrogen and oxygen atoms in total. The number of benzene rings is 2.